The van der Waals surface area contributed by atoms with Crippen LogP contribution in [0.15, 0.2) is 18.2 Å². The van der Waals surface area contributed by atoms with Crippen LogP contribution in [0.4, 0.5) is 0 Å². The highest BCUT2D eigenvalue weighted by atomic mass is 35.5. The van der Waals surface area contributed by atoms with Crippen molar-refractivity contribution in [1.29, 1.82) is 0 Å². The van der Waals surface area contributed by atoms with Gasteiger partial charge in [0.2, 0.25) is 0 Å². The molecule has 0 fully saturated rings. The Hall–Kier alpha value is -0.930. The fourth-order valence-corrected chi connectivity index (χ4v) is 2.27. The Morgan fingerprint density at radius 1 is 0.905 bits per heavy atom. The predicted octanol–water partition coefficient (Wildman–Crippen LogP) is 4.53. The van der Waals surface area contributed by atoms with Gasteiger partial charge in [-0.2, -0.15) is 0 Å². The molecule has 0 heterocycles. The van der Waals surface area contributed by atoms with Crippen LogP contribution >= 0.6 is 12.4 Å². The quantitative estimate of drug-likeness (QED) is 0.633. The monoisotopic (exact) mass is 315 g/mol. The summed E-state index contributed by atoms with van der Waals surface area (Å²) in [6.07, 6.45) is 5.01. The average Bonchev–Trinajstić information content (AvgIpc) is 2.49. The molecule has 4 heteroatoms. The second kappa shape index (κ2) is 11.7. The van der Waals surface area contributed by atoms with Crippen LogP contribution in [-0.4, -0.2) is 32.2 Å². The SMILES string of the molecule is CCCCN(CCCC)Cc1ccc(OC)c(OC)c1.Cl. The molecular weight excluding hydrogens is 286 g/mol. The maximum Gasteiger partial charge on any atom is 0.161 e. The Morgan fingerprint density at radius 2 is 1.48 bits per heavy atom. The second-order valence-corrected chi connectivity index (χ2v) is 5.17. The van der Waals surface area contributed by atoms with Gasteiger partial charge in [0.05, 0.1) is 14.2 Å². The van der Waals surface area contributed by atoms with Crippen molar-refractivity contribution in [1.82, 2.24) is 4.90 Å². The topological polar surface area (TPSA) is 21.7 Å². The molecule has 0 saturated carbocycles. The van der Waals surface area contributed by atoms with E-state index in [0.29, 0.717) is 0 Å². The molecule has 0 aliphatic rings. The van der Waals surface area contributed by atoms with Crippen molar-refractivity contribution in [2.24, 2.45) is 0 Å². The molecule has 122 valence electrons. The largest absolute Gasteiger partial charge is 0.493 e. The van der Waals surface area contributed by atoms with Gasteiger partial charge >= 0.3 is 0 Å². The highest BCUT2D eigenvalue weighted by molar-refractivity contribution is 5.85. The molecule has 1 aromatic carbocycles. The van der Waals surface area contributed by atoms with Crippen LogP contribution in [-0.2, 0) is 6.54 Å². The van der Waals surface area contributed by atoms with Gasteiger partial charge in [-0.3, -0.25) is 4.90 Å². The number of unbranched alkanes of at least 4 members (excludes halogenated alkanes) is 2. The van der Waals surface area contributed by atoms with Crippen LogP contribution in [0.3, 0.4) is 0 Å². The molecule has 0 spiro atoms. The molecule has 0 amide bonds. The zero-order valence-corrected chi connectivity index (χ0v) is 14.7. The van der Waals surface area contributed by atoms with E-state index in [2.05, 4.69) is 30.9 Å². The average molecular weight is 316 g/mol. The van der Waals surface area contributed by atoms with Gasteiger partial charge in [-0.05, 0) is 43.6 Å². The number of halogens is 1. The predicted molar refractivity (Wildman–Crippen MR) is 91.9 cm³/mol. The number of methoxy groups -OCH3 is 2. The number of nitrogens with zero attached hydrogens (tertiary/aromatic N) is 1. The lowest BCUT2D eigenvalue weighted by Gasteiger charge is -2.22. The van der Waals surface area contributed by atoms with Crippen LogP contribution in [0.25, 0.3) is 0 Å². The summed E-state index contributed by atoms with van der Waals surface area (Å²) in [7, 11) is 3.36. The lowest BCUT2D eigenvalue weighted by Crippen LogP contribution is -2.25. The van der Waals surface area contributed by atoms with Gasteiger partial charge in [0, 0.05) is 6.54 Å². The molecule has 1 aromatic rings. The van der Waals surface area contributed by atoms with Crippen LogP contribution < -0.4 is 9.47 Å². The van der Waals surface area contributed by atoms with E-state index in [4.69, 9.17) is 9.47 Å². The fraction of sp³-hybridized carbons (Fsp3) is 0.647. The number of hydrogen-bond donors (Lipinski definition) is 0. The summed E-state index contributed by atoms with van der Waals surface area (Å²) in [5, 5.41) is 0. The Kier molecular flexibility index (Phi) is 11.2. The van der Waals surface area contributed by atoms with Gasteiger partial charge in [-0.25, -0.2) is 0 Å². The van der Waals surface area contributed by atoms with Crippen LogP contribution in [0.2, 0.25) is 0 Å². The van der Waals surface area contributed by atoms with Crippen LogP contribution in [0.5, 0.6) is 11.5 Å². The lowest BCUT2D eigenvalue weighted by molar-refractivity contribution is 0.256. The second-order valence-electron chi connectivity index (χ2n) is 5.17. The smallest absolute Gasteiger partial charge is 0.161 e. The molecule has 3 nitrogen and oxygen atoms in total. The summed E-state index contributed by atoms with van der Waals surface area (Å²) >= 11 is 0. The first kappa shape index (κ1) is 20.1. The van der Waals surface area contributed by atoms with E-state index in [1.807, 2.05) is 6.07 Å². The first-order valence-corrected chi connectivity index (χ1v) is 7.68. The molecule has 0 aliphatic heterocycles. The summed E-state index contributed by atoms with van der Waals surface area (Å²) in [6.45, 7) is 7.82. The summed E-state index contributed by atoms with van der Waals surface area (Å²) < 4.78 is 10.7. The van der Waals surface area contributed by atoms with Crippen molar-refractivity contribution in [3.63, 3.8) is 0 Å². The summed E-state index contributed by atoms with van der Waals surface area (Å²) in [5.41, 5.74) is 1.29. The maximum absolute atomic E-state index is 5.38. The van der Waals surface area contributed by atoms with E-state index in [9.17, 15) is 0 Å². The van der Waals surface area contributed by atoms with E-state index in [1.54, 1.807) is 14.2 Å². The standard InChI is InChI=1S/C17H29NO2.ClH/c1-5-7-11-18(12-8-6-2)14-15-9-10-16(19-3)17(13-15)20-4;/h9-10,13H,5-8,11-12,14H2,1-4H3;1H. The molecule has 0 radical (unpaired) electrons. The van der Waals surface area contributed by atoms with Crippen molar-refractivity contribution in [3.8, 4) is 11.5 Å². The zero-order chi connectivity index (χ0) is 14.8. The van der Waals surface area contributed by atoms with Crippen molar-refractivity contribution in [2.45, 2.75) is 46.1 Å². The minimum absolute atomic E-state index is 0. The Labute approximate surface area is 136 Å². The first-order chi connectivity index (χ1) is 9.74. The van der Waals surface area contributed by atoms with Gasteiger partial charge in [0.15, 0.2) is 11.5 Å². The molecule has 0 unspecified atom stereocenters. The van der Waals surface area contributed by atoms with E-state index >= 15 is 0 Å². The molecule has 1 rings (SSSR count). The molecule has 0 bridgehead atoms. The van der Waals surface area contributed by atoms with Crippen molar-refractivity contribution >= 4 is 12.4 Å². The third-order valence-electron chi connectivity index (χ3n) is 3.51. The molecule has 0 saturated heterocycles. The Balaban J connectivity index is 0.00000400. The van der Waals surface area contributed by atoms with Crippen molar-refractivity contribution in [3.05, 3.63) is 23.8 Å². The minimum atomic E-state index is 0. The first-order valence-electron chi connectivity index (χ1n) is 7.68. The lowest BCUT2D eigenvalue weighted by atomic mass is 10.1. The van der Waals surface area contributed by atoms with Crippen molar-refractivity contribution < 1.29 is 9.47 Å². The normalized spacial score (nSPS) is 10.3. The van der Waals surface area contributed by atoms with E-state index in [1.165, 1.54) is 44.3 Å². The van der Waals surface area contributed by atoms with E-state index < -0.39 is 0 Å². The summed E-state index contributed by atoms with van der Waals surface area (Å²) in [4.78, 5) is 2.54. The van der Waals surface area contributed by atoms with E-state index in [-0.39, 0.29) is 12.4 Å². The molecule has 0 N–H and O–H groups in total. The van der Waals surface area contributed by atoms with E-state index in [0.717, 1.165) is 18.0 Å². The fourth-order valence-electron chi connectivity index (χ4n) is 2.27. The number of ether oxygens (including phenoxy) is 2. The Morgan fingerprint density at radius 3 is 1.95 bits per heavy atom. The molecule has 0 aromatic heterocycles. The van der Waals surface area contributed by atoms with Gasteiger partial charge in [0.1, 0.15) is 0 Å². The number of benzene rings is 1. The number of rotatable bonds is 10. The Bertz CT molecular complexity index is 377. The van der Waals surface area contributed by atoms with Gasteiger partial charge in [-0.15, -0.1) is 12.4 Å². The molecular formula is C17H30ClNO2. The van der Waals surface area contributed by atoms with Crippen LogP contribution in [0, 0.1) is 0 Å². The zero-order valence-electron chi connectivity index (χ0n) is 13.9. The third-order valence-corrected chi connectivity index (χ3v) is 3.51. The molecule has 21 heavy (non-hydrogen) atoms. The summed E-state index contributed by atoms with van der Waals surface area (Å²) in [5.74, 6) is 1.61. The third kappa shape index (κ3) is 7.05. The molecule has 0 atom stereocenters. The highest BCUT2D eigenvalue weighted by Crippen LogP contribution is 2.28. The van der Waals surface area contributed by atoms with Crippen LogP contribution in [0.1, 0.15) is 45.1 Å². The molecule has 0 aliphatic carbocycles. The van der Waals surface area contributed by atoms with Crippen molar-refractivity contribution in [2.75, 3.05) is 27.3 Å². The summed E-state index contributed by atoms with van der Waals surface area (Å²) in [6, 6.07) is 6.21. The number of hydrogen-bond acceptors (Lipinski definition) is 3. The van der Waals surface area contributed by atoms with Gasteiger partial charge < -0.3 is 9.47 Å². The van der Waals surface area contributed by atoms with Gasteiger partial charge in [-0.1, -0.05) is 32.8 Å². The maximum atomic E-state index is 5.38. The minimum Gasteiger partial charge on any atom is -0.493 e. The highest BCUT2D eigenvalue weighted by Gasteiger charge is 2.08. The van der Waals surface area contributed by atoms with Gasteiger partial charge in [0.25, 0.3) is 0 Å².